The zero-order valence-electron chi connectivity index (χ0n) is 30.4. The zero-order valence-corrected chi connectivity index (χ0v) is 30.4. The van der Waals surface area contributed by atoms with Crippen molar-refractivity contribution in [2.24, 2.45) is 0 Å². The SMILES string of the molecule is Cc1cc(-c2ccc(/C=C/c3ccc(-c4ccc(-n5c6ccccc6c6ccccc65)cc4)cc3)cc2)c(-n2c3ccccc3c3ccccc32)cc1C. The molecule has 0 unspecified atom stereocenters. The Hall–Kier alpha value is -6.90. The van der Waals surface area contributed by atoms with Crippen LogP contribution in [-0.4, -0.2) is 9.13 Å². The predicted molar refractivity (Wildman–Crippen MR) is 231 cm³/mol. The van der Waals surface area contributed by atoms with Gasteiger partial charge in [-0.25, -0.2) is 0 Å². The molecule has 10 aromatic rings. The molecule has 54 heavy (non-hydrogen) atoms. The lowest BCUT2D eigenvalue weighted by molar-refractivity contribution is 1.16. The highest BCUT2D eigenvalue weighted by molar-refractivity contribution is 6.10. The number of nitrogens with zero attached hydrogens (tertiary/aromatic N) is 2. The van der Waals surface area contributed by atoms with Gasteiger partial charge in [0, 0.05) is 32.8 Å². The van der Waals surface area contributed by atoms with E-state index in [9.17, 15) is 0 Å². The van der Waals surface area contributed by atoms with E-state index in [1.807, 2.05) is 0 Å². The number of hydrogen-bond donors (Lipinski definition) is 0. The summed E-state index contributed by atoms with van der Waals surface area (Å²) in [6.07, 6.45) is 4.40. The van der Waals surface area contributed by atoms with Crippen LogP contribution in [0.4, 0.5) is 0 Å². The first-order valence-corrected chi connectivity index (χ1v) is 18.7. The van der Waals surface area contributed by atoms with Crippen molar-refractivity contribution < 1.29 is 0 Å². The minimum atomic E-state index is 1.17. The smallest absolute Gasteiger partial charge is 0.0543 e. The summed E-state index contributed by atoms with van der Waals surface area (Å²) in [4.78, 5) is 0. The second kappa shape index (κ2) is 12.9. The summed E-state index contributed by atoms with van der Waals surface area (Å²) in [5, 5.41) is 5.11. The van der Waals surface area contributed by atoms with Crippen LogP contribution in [0, 0.1) is 13.8 Å². The fourth-order valence-corrected chi connectivity index (χ4v) is 8.16. The van der Waals surface area contributed by atoms with Crippen molar-refractivity contribution in [3.63, 3.8) is 0 Å². The second-order valence-corrected chi connectivity index (χ2v) is 14.3. The van der Waals surface area contributed by atoms with E-state index in [0.29, 0.717) is 0 Å². The molecule has 0 atom stereocenters. The Morgan fingerprint density at radius 1 is 0.352 bits per heavy atom. The van der Waals surface area contributed by atoms with Gasteiger partial charge in [0.05, 0.1) is 27.8 Å². The first-order valence-electron chi connectivity index (χ1n) is 18.7. The van der Waals surface area contributed by atoms with Gasteiger partial charge in [-0.05, 0) is 101 Å². The molecule has 10 rings (SSSR count). The van der Waals surface area contributed by atoms with Gasteiger partial charge in [-0.2, -0.15) is 0 Å². The van der Waals surface area contributed by atoms with Crippen LogP contribution in [0.3, 0.4) is 0 Å². The van der Waals surface area contributed by atoms with Gasteiger partial charge in [0.25, 0.3) is 0 Å². The molecule has 256 valence electrons. The Kier molecular flexibility index (Phi) is 7.63. The van der Waals surface area contributed by atoms with Gasteiger partial charge >= 0.3 is 0 Å². The standard InChI is InChI=1S/C52H38N2/c1-35-33-47(52(34-36(35)2)54-50-17-9-5-13-45(50)46-14-6-10-18-51(46)54)41-27-23-38(24-28-41)20-19-37-21-25-39(26-22-37)40-29-31-42(32-30-40)53-48-15-7-3-11-43(48)44-12-4-8-16-49(44)53/h3-34H,1-2H3/b20-19+. The van der Waals surface area contributed by atoms with E-state index in [4.69, 9.17) is 0 Å². The predicted octanol–water partition coefficient (Wildman–Crippen LogP) is 14.0. The number of fused-ring (bicyclic) bond motifs is 6. The Morgan fingerprint density at radius 3 is 1.19 bits per heavy atom. The summed E-state index contributed by atoms with van der Waals surface area (Å²) in [5.74, 6) is 0. The number of aromatic nitrogens is 2. The number of para-hydroxylation sites is 4. The Bertz CT molecular complexity index is 2920. The molecule has 0 bridgehead atoms. The van der Waals surface area contributed by atoms with Crippen LogP contribution in [-0.2, 0) is 0 Å². The molecule has 0 aliphatic carbocycles. The van der Waals surface area contributed by atoms with Gasteiger partial charge in [-0.3, -0.25) is 0 Å². The number of hydrogen-bond acceptors (Lipinski definition) is 0. The van der Waals surface area contributed by atoms with Crippen LogP contribution in [0.15, 0.2) is 182 Å². The maximum absolute atomic E-state index is 2.43. The highest BCUT2D eigenvalue weighted by atomic mass is 15.0. The molecular weight excluding hydrogens is 653 g/mol. The lowest BCUT2D eigenvalue weighted by Crippen LogP contribution is -1.99. The largest absolute Gasteiger partial charge is 0.309 e. The molecule has 2 heterocycles. The normalized spacial score (nSPS) is 11.8. The van der Waals surface area contributed by atoms with Crippen LogP contribution >= 0.6 is 0 Å². The molecule has 0 radical (unpaired) electrons. The second-order valence-electron chi connectivity index (χ2n) is 14.3. The molecule has 0 spiro atoms. The highest BCUT2D eigenvalue weighted by Gasteiger charge is 2.17. The Labute approximate surface area is 315 Å². The lowest BCUT2D eigenvalue weighted by atomic mass is 9.97. The minimum absolute atomic E-state index is 1.17. The van der Waals surface area contributed by atoms with Gasteiger partial charge in [0.2, 0.25) is 0 Å². The van der Waals surface area contributed by atoms with E-state index in [0.717, 1.165) is 0 Å². The van der Waals surface area contributed by atoms with E-state index in [2.05, 4.69) is 217 Å². The van der Waals surface area contributed by atoms with Crippen molar-refractivity contribution in [3.8, 4) is 33.6 Å². The average molecular weight is 691 g/mol. The summed E-state index contributed by atoms with van der Waals surface area (Å²) in [6.45, 7) is 4.42. The van der Waals surface area contributed by atoms with Crippen LogP contribution in [0.5, 0.6) is 0 Å². The van der Waals surface area contributed by atoms with Crippen molar-refractivity contribution in [2.45, 2.75) is 13.8 Å². The van der Waals surface area contributed by atoms with Gasteiger partial charge in [-0.1, -0.05) is 146 Å². The van der Waals surface area contributed by atoms with Crippen LogP contribution < -0.4 is 0 Å². The molecule has 0 fully saturated rings. The third-order valence-electron chi connectivity index (χ3n) is 11.1. The number of aryl methyl sites for hydroxylation is 2. The first kappa shape index (κ1) is 31.8. The summed E-state index contributed by atoms with van der Waals surface area (Å²) in [7, 11) is 0. The molecule has 0 N–H and O–H groups in total. The Morgan fingerprint density at radius 2 is 0.722 bits per heavy atom. The first-order chi connectivity index (χ1) is 26.6. The van der Waals surface area contributed by atoms with E-state index in [1.54, 1.807) is 0 Å². The van der Waals surface area contributed by atoms with Crippen molar-refractivity contribution in [2.75, 3.05) is 0 Å². The van der Waals surface area contributed by atoms with E-state index in [-0.39, 0.29) is 0 Å². The highest BCUT2D eigenvalue weighted by Crippen LogP contribution is 2.38. The van der Waals surface area contributed by atoms with E-state index in [1.165, 1.54) is 99.5 Å². The summed E-state index contributed by atoms with van der Waals surface area (Å²) < 4.78 is 4.80. The topological polar surface area (TPSA) is 9.86 Å². The third kappa shape index (κ3) is 5.35. The fraction of sp³-hybridized carbons (Fsp3) is 0.0385. The van der Waals surface area contributed by atoms with Crippen molar-refractivity contribution >= 4 is 55.8 Å². The summed E-state index contributed by atoms with van der Waals surface area (Å²) in [6, 6.07) is 66.2. The Balaban J connectivity index is 0.910. The third-order valence-corrected chi connectivity index (χ3v) is 11.1. The maximum atomic E-state index is 2.43. The van der Waals surface area contributed by atoms with Gasteiger partial charge in [-0.15, -0.1) is 0 Å². The molecule has 2 aromatic heterocycles. The molecule has 0 aliphatic heterocycles. The van der Waals surface area contributed by atoms with E-state index < -0.39 is 0 Å². The average Bonchev–Trinajstić information content (AvgIpc) is 3.75. The molecule has 0 aliphatic rings. The van der Waals surface area contributed by atoms with E-state index >= 15 is 0 Å². The van der Waals surface area contributed by atoms with Gasteiger partial charge < -0.3 is 9.13 Å². The fourth-order valence-electron chi connectivity index (χ4n) is 8.16. The molecule has 0 amide bonds. The summed E-state index contributed by atoms with van der Waals surface area (Å²) in [5.41, 5.74) is 17.1. The van der Waals surface area contributed by atoms with Crippen LogP contribution in [0.2, 0.25) is 0 Å². The van der Waals surface area contributed by atoms with Gasteiger partial charge in [0.1, 0.15) is 0 Å². The van der Waals surface area contributed by atoms with Gasteiger partial charge in [0.15, 0.2) is 0 Å². The lowest BCUT2D eigenvalue weighted by Gasteiger charge is -2.17. The molecule has 8 aromatic carbocycles. The van der Waals surface area contributed by atoms with Crippen molar-refractivity contribution in [1.29, 1.82) is 0 Å². The number of rotatable bonds is 6. The molecular formula is C52H38N2. The van der Waals surface area contributed by atoms with Crippen LogP contribution in [0.25, 0.3) is 89.4 Å². The maximum Gasteiger partial charge on any atom is 0.0543 e. The van der Waals surface area contributed by atoms with Crippen LogP contribution in [0.1, 0.15) is 22.3 Å². The molecule has 0 saturated heterocycles. The quantitative estimate of drug-likeness (QED) is 0.154. The molecule has 2 nitrogen and oxygen atoms in total. The number of benzene rings is 8. The van der Waals surface area contributed by atoms with Crippen molar-refractivity contribution in [1.82, 2.24) is 9.13 Å². The zero-order chi connectivity index (χ0) is 36.2. The molecule has 2 heteroatoms. The summed E-state index contributed by atoms with van der Waals surface area (Å²) >= 11 is 0. The van der Waals surface area contributed by atoms with Crippen molar-refractivity contribution in [3.05, 3.63) is 204 Å². The molecule has 0 saturated carbocycles. The minimum Gasteiger partial charge on any atom is -0.309 e. The monoisotopic (exact) mass is 690 g/mol.